The van der Waals surface area contributed by atoms with Gasteiger partial charge in [-0.2, -0.15) is 5.26 Å². The molecule has 1 heterocycles. The average Bonchev–Trinajstić information content (AvgIpc) is 2.62. The standard InChI is InChI=1S/C10H6FNS2/c11-8-9(13)6(1-3-12)5-7-2-4-14-10(7)8/h2,4-5,13H,1H2. The lowest BCUT2D eigenvalue weighted by Crippen LogP contribution is -1.88. The van der Waals surface area contributed by atoms with Gasteiger partial charge in [0, 0.05) is 4.90 Å². The Morgan fingerprint density at radius 2 is 2.36 bits per heavy atom. The molecule has 0 aliphatic rings. The second-order valence-electron chi connectivity index (χ2n) is 2.87. The van der Waals surface area contributed by atoms with Crippen molar-refractivity contribution in [2.75, 3.05) is 0 Å². The van der Waals surface area contributed by atoms with Crippen molar-refractivity contribution in [3.05, 3.63) is 28.9 Å². The molecule has 0 aliphatic heterocycles. The molecule has 0 saturated heterocycles. The molecule has 0 atom stereocenters. The van der Waals surface area contributed by atoms with E-state index in [1.54, 1.807) is 0 Å². The minimum Gasteiger partial charge on any atom is -0.204 e. The minimum absolute atomic E-state index is 0.196. The molecule has 4 heteroatoms. The van der Waals surface area contributed by atoms with Gasteiger partial charge in [0.15, 0.2) is 5.82 Å². The lowest BCUT2D eigenvalue weighted by molar-refractivity contribution is 0.614. The third kappa shape index (κ3) is 1.39. The van der Waals surface area contributed by atoms with Gasteiger partial charge in [-0.15, -0.1) is 24.0 Å². The number of halogens is 1. The Balaban J connectivity index is 2.75. The van der Waals surface area contributed by atoms with Crippen LogP contribution in [0, 0.1) is 17.1 Å². The van der Waals surface area contributed by atoms with E-state index >= 15 is 0 Å². The molecular weight excluding hydrogens is 217 g/mol. The van der Waals surface area contributed by atoms with E-state index in [0.717, 1.165) is 5.39 Å². The predicted molar refractivity (Wildman–Crippen MR) is 58.4 cm³/mol. The molecule has 2 aromatic rings. The number of benzene rings is 1. The molecule has 0 amide bonds. The maximum absolute atomic E-state index is 13.6. The Kier molecular flexibility index (Phi) is 2.44. The summed E-state index contributed by atoms with van der Waals surface area (Å²) in [4.78, 5) is 0.293. The third-order valence-electron chi connectivity index (χ3n) is 2.01. The fourth-order valence-electron chi connectivity index (χ4n) is 1.34. The number of thiophene rings is 1. The molecule has 14 heavy (non-hydrogen) atoms. The van der Waals surface area contributed by atoms with Gasteiger partial charge in [-0.05, 0) is 28.5 Å². The van der Waals surface area contributed by atoms with Gasteiger partial charge in [-0.3, -0.25) is 0 Å². The number of fused-ring (bicyclic) bond motifs is 1. The number of nitrogens with zero attached hydrogens (tertiary/aromatic N) is 1. The summed E-state index contributed by atoms with van der Waals surface area (Å²) in [6, 6.07) is 5.66. The van der Waals surface area contributed by atoms with Crippen LogP contribution in [0.5, 0.6) is 0 Å². The molecule has 0 aliphatic carbocycles. The highest BCUT2D eigenvalue weighted by Gasteiger charge is 2.10. The first-order valence-electron chi connectivity index (χ1n) is 3.98. The lowest BCUT2D eigenvalue weighted by Gasteiger charge is -2.02. The van der Waals surface area contributed by atoms with Crippen LogP contribution >= 0.6 is 24.0 Å². The summed E-state index contributed by atoms with van der Waals surface area (Å²) < 4.78 is 14.2. The monoisotopic (exact) mass is 223 g/mol. The first-order valence-corrected chi connectivity index (χ1v) is 5.31. The summed E-state index contributed by atoms with van der Waals surface area (Å²) in [6.45, 7) is 0. The van der Waals surface area contributed by atoms with Crippen LogP contribution in [0.3, 0.4) is 0 Å². The molecule has 0 radical (unpaired) electrons. The molecule has 0 bridgehead atoms. The molecule has 2 rings (SSSR count). The van der Waals surface area contributed by atoms with Crippen molar-refractivity contribution in [1.29, 1.82) is 5.26 Å². The summed E-state index contributed by atoms with van der Waals surface area (Å²) in [6.07, 6.45) is 0.196. The van der Waals surface area contributed by atoms with Crippen molar-refractivity contribution < 1.29 is 4.39 Å². The normalized spacial score (nSPS) is 10.4. The first-order chi connectivity index (χ1) is 6.74. The van der Waals surface area contributed by atoms with Crippen LogP contribution < -0.4 is 0 Å². The van der Waals surface area contributed by atoms with Crippen LogP contribution in [-0.4, -0.2) is 0 Å². The van der Waals surface area contributed by atoms with E-state index in [1.165, 1.54) is 11.3 Å². The third-order valence-corrected chi connectivity index (χ3v) is 3.41. The highest BCUT2D eigenvalue weighted by Crippen LogP contribution is 2.31. The Hall–Kier alpha value is -1.05. The summed E-state index contributed by atoms with van der Waals surface area (Å²) in [7, 11) is 0. The topological polar surface area (TPSA) is 23.8 Å². The number of hydrogen-bond acceptors (Lipinski definition) is 3. The fraction of sp³-hybridized carbons (Fsp3) is 0.100. The van der Waals surface area contributed by atoms with E-state index < -0.39 is 0 Å². The zero-order valence-corrected chi connectivity index (χ0v) is 8.83. The van der Waals surface area contributed by atoms with E-state index in [4.69, 9.17) is 5.26 Å². The van der Waals surface area contributed by atoms with Gasteiger partial charge in [0.05, 0.1) is 17.2 Å². The highest BCUT2D eigenvalue weighted by molar-refractivity contribution is 7.80. The molecular formula is C10H6FNS2. The van der Waals surface area contributed by atoms with E-state index in [2.05, 4.69) is 12.6 Å². The number of hydrogen-bond donors (Lipinski definition) is 1. The van der Waals surface area contributed by atoms with Gasteiger partial charge < -0.3 is 0 Å². The molecule has 70 valence electrons. The van der Waals surface area contributed by atoms with Crippen LogP contribution in [0.2, 0.25) is 0 Å². The van der Waals surface area contributed by atoms with Gasteiger partial charge in [0.2, 0.25) is 0 Å². The van der Waals surface area contributed by atoms with Gasteiger partial charge in [-0.25, -0.2) is 4.39 Å². The summed E-state index contributed by atoms with van der Waals surface area (Å²) in [5.41, 5.74) is 0.652. The number of nitriles is 1. The molecule has 0 unspecified atom stereocenters. The molecule has 0 saturated carbocycles. The average molecular weight is 223 g/mol. The quantitative estimate of drug-likeness (QED) is 0.736. The second-order valence-corrected chi connectivity index (χ2v) is 4.24. The SMILES string of the molecule is N#CCc1cc2ccsc2c(F)c1S. The number of thiol groups is 1. The highest BCUT2D eigenvalue weighted by atomic mass is 32.1. The number of rotatable bonds is 1. The zero-order valence-electron chi connectivity index (χ0n) is 7.12. The predicted octanol–water partition coefficient (Wildman–Crippen LogP) is 3.40. The zero-order chi connectivity index (χ0) is 10.1. The van der Waals surface area contributed by atoms with Gasteiger partial charge in [0.1, 0.15) is 0 Å². The van der Waals surface area contributed by atoms with Crippen molar-refractivity contribution in [1.82, 2.24) is 0 Å². The minimum atomic E-state index is -0.314. The van der Waals surface area contributed by atoms with Crippen LogP contribution in [0.15, 0.2) is 22.4 Å². The van der Waals surface area contributed by atoms with Crippen molar-refractivity contribution in [2.24, 2.45) is 0 Å². The maximum atomic E-state index is 13.6. The van der Waals surface area contributed by atoms with Crippen molar-refractivity contribution in [3.8, 4) is 6.07 Å². The Labute approximate surface area is 90.2 Å². The Morgan fingerprint density at radius 3 is 3.07 bits per heavy atom. The second kappa shape index (κ2) is 3.60. The fourth-order valence-corrected chi connectivity index (χ4v) is 2.49. The van der Waals surface area contributed by atoms with Crippen molar-refractivity contribution >= 4 is 34.1 Å². The van der Waals surface area contributed by atoms with Crippen LogP contribution in [0.25, 0.3) is 10.1 Å². The van der Waals surface area contributed by atoms with Crippen LogP contribution in [0.1, 0.15) is 5.56 Å². The summed E-state index contributed by atoms with van der Waals surface area (Å²) in [5.74, 6) is -0.314. The van der Waals surface area contributed by atoms with Crippen LogP contribution in [0.4, 0.5) is 4.39 Å². The van der Waals surface area contributed by atoms with Crippen molar-refractivity contribution in [3.63, 3.8) is 0 Å². The van der Waals surface area contributed by atoms with Gasteiger partial charge in [-0.1, -0.05) is 0 Å². The van der Waals surface area contributed by atoms with Gasteiger partial charge in [0.25, 0.3) is 0 Å². The molecule has 1 nitrogen and oxygen atoms in total. The van der Waals surface area contributed by atoms with Gasteiger partial charge >= 0.3 is 0 Å². The first kappa shape index (κ1) is 9.50. The molecule has 1 aromatic heterocycles. The van der Waals surface area contributed by atoms with E-state index in [9.17, 15) is 4.39 Å². The smallest absolute Gasteiger partial charge is 0.154 e. The van der Waals surface area contributed by atoms with E-state index in [-0.39, 0.29) is 12.2 Å². The molecule has 0 fully saturated rings. The van der Waals surface area contributed by atoms with Crippen LogP contribution in [-0.2, 0) is 6.42 Å². The molecule has 0 spiro atoms. The largest absolute Gasteiger partial charge is 0.204 e. The lowest BCUT2D eigenvalue weighted by atomic mass is 10.1. The van der Waals surface area contributed by atoms with E-state index in [0.29, 0.717) is 15.2 Å². The van der Waals surface area contributed by atoms with E-state index in [1.807, 2.05) is 23.6 Å². The summed E-state index contributed by atoms with van der Waals surface area (Å²) in [5, 5.41) is 11.2. The maximum Gasteiger partial charge on any atom is 0.154 e. The molecule has 0 N–H and O–H groups in total. The van der Waals surface area contributed by atoms with Crippen molar-refractivity contribution in [2.45, 2.75) is 11.3 Å². The molecule has 1 aromatic carbocycles. The Bertz CT molecular complexity index is 525. The Morgan fingerprint density at radius 1 is 1.57 bits per heavy atom. The summed E-state index contributed by atoms with van der Waals surface area (Å²) >= 11 is 5.42.